The van der Waals surface area contributed by atoms with Crippen molar-refractivity contribution in [1.82, 2.24) is 0 Å². The lowest BCUT2D eigenvalue weighted by atomic mass is 9.93. The van der Waals surface area contributed by atoms with Gasteiger partial charge in [0.25, 0.3) is 0 Å². The van der Waals surface area contributed by atoms with Crippen molar-refractivity contribution in [2.24, 2.45) is 0 Å². The summed E-state index contributed by atoms with van der Waals surface area (Å²) in [5, 5.41) is 1.82. The Kier molecular flexibility index (Phi) is 52.5. The van der Waals surface area contributed by atoms with Gasteiger partial charge in [0.2, 0.25) is 0 Å². The molecule has 0 unspecified atom stereocenters. The van der Waals surface area contributed by atoms with Gasteiger partial charge in [0, 0.05) is 0 Å². The molecule has 0 spiro atoms. The van der Waals surface area contributed by atoms with Crippen LogP contribution >= 0.6 is 0 Å². The van der Waals surface area contributed by atoms with Crippen LogP contribution in [0, 0.1) is 0 Å². The number of esters is 6. The van der Waals surface area contributed by atoms with E-state index in [0.717, 1.165) is 229 Å². The van der Waals surface area contributed by atoms with Crippen LogP contribution in [0.25, 0.3) is 32.3 Å². The monoisotopic (exact) mass is 1500 g/mol. The minimum atomic E-state index is -0.869. The number of carbonyl (C=O) groups is 6. The zero-order valence-electron chi connectivity index (χ0n) is 66.7. The Labute approximate surface area is 646 Å². The van der Waals surface area contributed by atoms with Crippen LogP contribution in [0.5, 0.6) is 34.5 Å². The molecule has 108 heavy (non-hydrogen) atoms. The van der Waals surface area contributed by atoms with Crippen LogP contribution in [0.1, 0.15) is 311 Å². The molecular weight excluding hydrogens is 1370 g/mol. The van der Waals surface area contributed by atoms with Gasteiger partial charge in [0.1, 0.15) is 0 Å². The van der Waals surface area contributed by atoms with Crippen LogP contribution in [0.2, 0.25) is 0 Å². The van der Waals surface area contributed by atoms with Gasteiger partial charge in [-0.2, -0.15) is 0 Å². The second-order valence-electron chi connectivity index (χ2n) is 27.8. The third-order valence-electron chi connectivity index (χ3n) is 18.4. The van der Waals surface area contributed by atoms with E-state index < -0.39 is 35.8 Å². The van der Waals surface area contributed by atoms with E-state index >= 15 is 0 Å². The number of unbranched alkanes of at least 4 members (excludes halogenated alkanes) is 36. The van der Waals surface area contributed by atoms with Gasteiger partial charge >= 0.3 is 35.8 Å². The van der Waals surface area contributed by atoms with Crippen molar-refractivity contribution in [2.45, 2.75) is 311 Å². The first-order chi connectivity index (χ1) is 53.0. The van der Waals surface area contributed by atoms with Gasteiger partial charge in [-0.15, -0.1) is 0 Å². The smallest absolute Gasteiger partial charge is 0.339 e. The largest absolute Gasteiger partial charge is 0.501 e. The summed E-state index contributed by atoms with van der Waals surface area (Å²) >= 11 is 0. The average molecular weight is 1500 g/mol. The molecule has 18 nitrogen and oxygen atoms in total. The van der Waals surface area contributed by atoms with E-state index in [9.17, 15) is 28.8 Å². The summed E-state index contributed by atoms with van der Waals surface area (Å²) in [6, 6.07) is 8.88. The molecule has 0 aliphatic carbocycles. The molecule has 0 saturated carbocycles. The molecule has 0 heterocycles. The van der Waals surface area contributed by atoms with Crippen molar-refractivity contribution >= 4 is 68.1 Å². The van der Waals surface area contributed by atoms with Crippen molar-refractivity contribution in [1.29, 1.82) is 0 Å². The number of hydrogen-bond donors (Lipinski definition) is 0. The van der Waals surface area contributed by atoms with E-state index in [1.165, 1.54) is 151 Å². The summed E-state index contributed by atoms with van der Waals surface area (Å²) in [4.78, 5) is 83.9. The van der Waals surface area contributed by atoms with E-state index in [-0.39, 0.29) is 34.5 Å². The van der Waals surface area contributed by atoms with Crippen molar-refractivity contribution in [3.63, 3.8) is 0 Å². The molecule has 0 aromatic heterocycles. The Balaban J connectivity index is 1.98. The van der Waals surface area contributed by atoms with Crippen molar-refractivity contribution in [3.05, 3.63) is 110 Å². The molecule has 0 aliphatic heterocycles. The van der Waals surface area contributed by atoms with Gasteiger partial charge in [0.15, 0.2) is 34.5 Å². The van der Waals surface area contributed by atoms with Crippen LogP contribution < -0.4 is 28.4 Å². The third-order valence-corrected chi connectivity index (χ3v) is 18.4. The number of carbonyl (C=O) groups excluding carboxylic acids is 6. The number of hydrogen-bond acceptors (Lipinski definition) is 18. The molecule has 0 bridgehead atoms. The van der Waals surface area contributed by atoms with Crippen molar-refractivity contribution in [3.8, 4) is 34.5 Å². The predicted octanol–water partition coefficient (Wildman–Crippen LogP) is 24.3. The lowest BCUT2D eigenvalue weighted by molar-refractivity contribution is -0.131. The van der Waals surface area contributed by atoms with E-state index in [1.807, 2.05) is 0 Å². The second-order valence-corrected chi connectivity index (χ2v) is 27.8. The normalized spacial score (nSPS) is 11.7. The number of fused-ring (bicyclic) bond motifs is 6. The van der Waals surface area contributed by atoms with E-state index in [4.69, 9.17) is 56.8 Å². The molecule has 0 radical (unpaired) electrons. The standard InChI is InChI=1S/C90H132O18/c1-7-13-19-25-31-37-43-55-97-61-49-85(91)103-79-67-73-74(68-80(79)104-86(92)50-62-98-56-44-38-32-26-20-14-8-2)76-70-82(106-88(94)52-64-100-58-46-40-34-28-22-16-10-4)84(108-90(96)54-66-102-60-48-42-36-30-24-18-12-6)72-78(76)77-71-83(107-89(95)53-65-101-59-47-41-35-29-23-17-11-5)81(69-75(73)77)105-87(93)51-63-99-57-45-39-33-27-21-15-9-3/h49-54,61-72H,7-48,55-60H2,1-6H3/b61-49+,62-50+,63-51+,64-52+,65-53+,66-54+. The molecule has 0 fully saturated rings. The van der Waals surface area contributed by atoms with Crippen LogP contribution in [0.15, 0.2) is 110 Å². The first kappa shape index (κ1) is 92.1. The maximum absolute atomic E-state index is 14.0. The van der Waals surface area contributed by atoms with Crippen LogP contribution in [-0.4, -0.2) is 75.5 Å². The van der Waals surface area contributed by atoms with Gasteiger partial charge in [-0.1, -0.05) is 273 Å². The van der Waals surface area contributed by atoms with Gasteiger partial charge in [-0.3, -0.25) is 0 Å². The molecule has 0 atom stereocenters. The fraction of sp³-hybridized carbons (Fsp3) is 0.600. The summed E-state index contributed by atoms with van der Waals surface area (Å²) in [6.45, 7) is 15.4. The maximum atomic E-state index is 14.0. The molecular formula is C90H132O18. The van der Waals surface area contributed by atoms with E-state index in [1.54, 1.807) is 0 Å². The van der Waals surface area contributed by atoms with Gasteiger partial charge in [-0.05, 0) is 107 Å². The predicted molar refractivity (Wildman–Crippen MR) is 431 cm³/mol. The molecule has 4 aromatic carbocycles. The lowest BCUT2D eigenvalue weighted by Crippen LogP contribution is -2.11. The first-order valence-electron chi connectivity index (χ1n) is 41.5. The zero-order valence-corrected chi connectivity index (χ0v) is 66.7. The van der Waals surface area contributed by atoms with Crippen molar-refractivity contribution in [2.75, 3.05) is 39.6 Å². The Morgan fingerprint density at radius 2 is 0.315 bits per heavy atom. The highest BCUT2D eigenvalue weighted by atomic mass is 16.6. The zero-order chi connectivity index (χ0) is 77.5. The Hall–Kier alpha value is -8.28. The minimum Gasteiger partial charge on any atom is -0.501 e. The van der Waals surface area contributed by atoms with E-state index in [2.05, 4.69) is 41.5 Å². The quantitative estimate of drug-likeness (QED) is 0.0100. The SMILES string of the molecule is CCCCCCCCCO/C=C/C(=O)Oc1cc2c3cc(OC(=O)/C=C/OCCCCCCCCC)c(OC(=O)/C=C/OCCCCCCCCC)cc3c3cc(OC(=O)/C=C/OCCCCCCCCC)c(OC(=O)/C=C/OCCCCCCCCC)cc3c2cc1OC(=O)/C=C/OCCCCCCCCC. The summed E-state index contributed by atoms with van der Waals surface area (Å²) in [7, 11) is 0. The van der Waals surface area contributed by atoms with Gasteiger partial charge < -0.3 is 56.8 Å². The van der Waals surface area contributed by atoms with Crippen LogP contribution in [-0.2, 0) is 57.2 Å². The third kappa shape index (κ3) is 41.9. The molecule has 0 aliphatic rings. The lowest BCUT2D eigenvalue weighted by Gasteiger charge is -2.18. The topological polar surface area (TPSA) is 213 Å². The number of benzene rings is 4. The Morgan fingerprint density at radius 3 is 0.444 bits per heavy atom. The Bertz CT molecular complexity index is 2760. The van der Waals surface area contributed by atoms with E-state index in [0.29, 0.717) is 72.0 Å². The highest BCUT2D eigenvalue weighted by molar-refractivity contribution is 6.27. The van der Waals surface area contributed by atoms with Crippen molar-refractivity contribution < 1.29 is 85.6 Å². The molecule has 0 saturated heterocycles. The average Bonchev–Trinajstić information content (AvgIpc) is 0.725. The van der Waals surface area contributed by atoms with Gasteiger partial charge in [-0.25, -0.2) is 28.8 Å². The summed E-state index contributed by atoms with van der Waals surface area (Å²) in [6.07, 6.45) is 59.6. The van der Waals surface area contributed by atoms with Crippen LogP contribution in [0.3, 0.4) is 0 Å². The highest BCUT2D eigenvalue weighted by Crippen LogP contribution is 2.47. The second kappa shape index (κ2) is 61.6. The summed E-state index contributed by atoms with van der Waals surface area (Å²) in [5.74, 6) is -6.51. The fourth-order valence-electron chi connectivity index (χ4n) is 12.2. The first-order valence-corrected chi connectivity index (χ1v) is 41.5. The molecule has 0 N–H and O–H groups in total. The Morgan fingerprint density at radius 1 is 0.194 bits per heavy atom. The molecule has 600 valence electrons. The van der Waals surface area contributed by atoms with Crippen LogP contribution in [0.4, 0.5) is 0 Å². The minimum absolute atomic E-state index is 0.216. The number of rotatable bonds is 66. The number of ether oxygens (including phenoxy) is 12. The summed E-state index contributed by atoms with van der Waals surface area (Å²) < 4.78 is 70.9. The fourth-order valence-corrected chi connectivity index (χ4v) is 12.2. The summed E-state index contributed by atoms with van der Waals surface area (Å²) in [5.41, 5.74) is 0. The van der Waals surface area contributed by atoms with Gasteiger partial charge in [0.05, 0.1) is 114 Å². The molecule has 0 amide bonds. The molecule has 4 rings (SSSR count). The maximum Gasteiger partial charge on any atom is 0.339 e. The molecule has 18 heteroatoms. The highest BCUT2D eigenvalue weighted by Gasteiger charge is 2.25. The molecule has 4 aromatic rings.